The molecule has 0 saturated carbocycles. The van der Waals surface area contributed by atoms with Crippen LogP contribution < -0.4 is 18.8 Å². The van der Waals surface area contributed by atoms with Crippen LogP contribution in [0, 0.1) is 0 Å². The van der Waals surface area contributed by atoms with Gasteiger partial charge in [0, 0.05) is 11.5 Å². The van der Waals surface area contributed by atoms with Crippen LogP contribution in [0.5, 0.6) is 23.0 Å². The number of ether oxygens (including phenoxy) is 3. The Kier molecular flexibility index (Phi) is 3.10. The summed E-state index contributed by atoms with van der Waals surface area (Å²) < 4.78 is 19.5. The molecule has 0 aliphatic carbocycles. The van der Waals surface area contributed by atoms with Crippen molar-refractivity contribution in [2.24, 2.45) is 7.05 Å². The largest absolute Gasteiger partial charge is 0.497 e. The van der Waals surface area contributed by atoms with E-state index in [4.69, 9.17) is 14.2 Å². The van der Waals surface area contributed by atoms with Gasteiger partial charge in [0.05, 0.1) is 30.6 Å². The summed E-state index contributed by atoms with van der Waals surface area (Å²) in [4.78, 5) is 0. The van der Waals surface area contributed by atoms with E-state index in [1.165, 1.54) is 0 Å². The van der Waals surface area contributed by atoms with Crippen LogP contribution in [-0.4, -0.2) is 14.2 Å². The Bertz CT molecular complexity index is 1200. The number of fused-ring (bicyclic) bond motifs is 4. The standard InChI is InChI=1S/C22H18NO3/c1-23-17-11-10-13(24-2)12-16(17)14-6-4-8-18-20(14)21(23)15-7-5-9-19(25-3)22(15)26-18/h4-12H,1-3H3/q+1. The number of hydrogen-bond donors (Lipinski definition) is 0. The number of benzene rings is 3. The molecule has 0 N–H and O–H groups in total. The molecule has 5 rings (SSSR count). The minimum absolute atomic E-state index is 0.736. The first-order valence-electron chi connectivity index (χ1n) is 8.50. The Labute approximate surface area is 151 Å². The van der Waals surface area contributed by atoms with Gasteiger partial charge < -0.3 is 14.2 Å². The highest BCUT2D eigenvalue weighted by atomic mass is 16.5. The zero-order chi connectivity index (χ0) is 17.8. The fourth-order valence-electron chi connectivity index (χ4n) is 3.92. The molecule has 4 heteroatoms. The fraction of sp³-hybridized carbons (Fsp3) is 0.136. The van der Waals surface area contributed by atoms with E-state index < -0.39 is 0 Å². The number of nitrogens with zero attached hydrogens (tertiary/aromatic N) is 1. The van der Waals surface area contributed by atoms with Crippen molar-refractivity contribution in [1.82, 2.24) is 0 Å². The van der Waals surface area contributed by atoms with E-state index in [0.717, 1.165) is 55.9 Å². The van der Waals surface area contributed by atoms with Gasteiger partial charge in [0.15, 0.2) is 11.5 Å². The molecule has 0 atom stereocenters. The Morgan fingerprint density at radius 3 is 2.54 bits per heavy atom. The smallest absolute Gasteiger partial charge is 0.228 e. The van der Waals surface area contributed by atoms with Gasteiger partial charge in [-0.25, -0.2) is 0 Å². The van der Waals surface area contributed by atoms with Crippen molar-refractivity contribution >= 4 is 21.7 Å². The van der Waals surface area contributed by atoms with Crippen molar-refractivity contribution in [3.8, 4) is 34.3 Å². The predicted octanol–water partition coefficient (Wildman–Crippen LogP) is 4.61. The predicted molar refractivity (Wildman–Crippen MR) is 101 cm³/mol. The third-order valence-electron chi connectivity index (χ3n) is 5.12. The molecule has 0 bridgehead atoms. The normalized spacial score (nSPS) is 12.0. The number of aromatic nitrogens is 1. The van der Waals surface area contributed by atoms with E-state index in [9.17, 15) is 0 Å². The summed E-state index contributed by atoms with van der Waals surface area (Å²) >= 11 is 0. The van der Waals surface area contributed by atoms with Crippen molar-refractivity contribution in [1.29, 1.82) is 0 Å². The summed E-state index contributed by atoms with van der Waals surface area (Å²) in [6, 6.07) is 18.4. The van der Waals surface area contributed by atoms with E-state index in [1.807, 2.05) is 30.3 Å². The molecule has 4 nitrogen and oxygen atoms in total. The van der Waals surface area contributed by atoms with Gasteiger partial charge in [0.25, 0.3) is 0 Å². The molecular weight excluding hydrogens is 326 g/mol. The van der Waals surface area contributed by atoms with Gasteiger partial charge in [-0.3, -0.25) is 0 Å². The molecule has 1 aromatic heterocycles. The quantitative estimate of drug-likeness (QED) is 0.346. The molecule has 4 aromatic rings. The van der Waals surface area contributed by atoms with E-state index in [1.54, 1.807) is 14.2 Å². The fourth-order valence-corrected chi connectivity index (χ4v) is 3.92. The molecule has 128 valence electrons. The number of rotatable bonds is 2. The molecule has 26 heavy (non-hydrogen) atoms. The monoisotopic (exact) mass is 344 g/mol. The Balaban J connectivity index is 2.00. The van der Waals surface area contributed by atoms with Crippen LogP contribution in [-0.2, 0) is 7.05 Å². The minimum Gasteiger partial charge on any atom is -0.497 e. The highest BCUT2D eigenvalue weighted by molar-refractivity contribution is 6.13. The molecule has 3 aromatic carbocycles. The zero-order valence-corrected chi connectivity index (χ0v) is 14.9. The average molecular weight is 344 g/mol. The maximum atomic E-state index is 6.26. The first kappa shape index (κ1) is 15.0. The molecule has 0 spiro atoms. The Hall–Kier alpha value is -3.27. The second-order valence-corrected chi connectivity index (χ2v) is 6.41. The molecule has 0 amide bonds. The number of hydrogen-bond acceptors (Lipinski definition) is 3. The number of aryl methyl sites for hydroxylation is 1. The number of para-hydroxylation sites is 1. The SMILES string of the molecule is COc1ccc2c(c1)c1cccc3c1c([n+]2C)-c1cccc(OC)c1O3. The van der Waals surface area contributed by atoms with Gasteiger partial charge in [-0.15, -0.1) is 0 Å². The van der Waals surface area contributed by atoms with Crippen molar-refractivity contribution in [3.63, 3.8) is 0 Å². The van der Waals surface area contributed by atoms with E-state index in [2.05, 4.69) is 35.9 Å². The highest BCUT2D eigenvalue weighted by Gasteiger charge is 2.31. The topological polar surface area (TPSA) is 31.6 Å². The van der Waals surface area contributed by atoms with Gasteiger partial charge in [-0.05, 0) is 30.3 Å². The first-order valence-corrected chi connectivity index (χ1v) is 8.50. The molecule has 1 aliphatic rings. The molecule has 0 fully saturated rings. The van der Waals surface area contributed by atoms with Crippen LogP contribution in [0.25, 0.3) is 32.9 Å². The van der Waals surface area contributed by atoms with Gasteiger partial charge in [-0.2, -0.15) is 4.57 Å². The van der Waals surface area contributed by atoms with Crippen molar-refractivity contribution in [2.75, 3.05) is 14.2 Å². The van der Waals surface area contributed by atoms with Crippen molar-refractivity contribution in [3.05, 3.63) is 54.6 Å². The maximum Gasteiger partial charge on any atom is 0.228 e. The summed E-state index contributed by atoms with van der Waals surface area (Å²) in [5.41, 5.74) is 3.31. The lowest BCUT2D eigenvalue weighted by Crippen LogP contribution is -2.33. The van der Waals surface area contributed by atoms with E-state index in [-0.39, 0.29) is 0 Å². The van der Waals surface area contributed by atoms with Crippen LogP contribution in [0.1, 0.15) is 0 Å². The molecule has 0 radical (unpaired) electrons. The third-order valence-corrected chi connectivity index (χ3v) is 5.12. The minimum atomic E-state index is 0.736. The Morgan fingerprint density at radius 2 is 1.73 bits per heavy atom. The second kappa shape index (κ2) is 5.36. The van der Waals surface area contributed by atoms with Gasteiger partial charge >= 0.3 is 0 Å². The average Bonchev–Trinajstić information content (AvgIpc) is 2.69. The molecule has 2 heterocycles. The molecule has 0 unspecified atom stereocenters. The molecule has 1 aliphatic heterocycles. The summed E-state index contributed by atoms with van der Waals surface area (Å²) in [5, 5.41) is 3.40. The van der Waals surface area contributed by atoms with Gasteiger partial charge in [-0.1, -0.05) is 18.2 Å². The third kappa shape index (κ3) is 1.87. The lowest BCUT2D eigenvalue weighted by molar-refractivity contribution is -0.632. The number of methoxy groups -OCH3 is 2. The van der Waals surface area contributed by atoms with Crippen LogP contribution in [0.3, 0.4) is 0 Å². The number of pyridine rings is 1. The van der Waals surface area contributed by atoms with Crippen molar-refractivity contribution in [2.45, 2.75) is 0 Å². The van der Waals surface area contributed by atoms with Gasteiger partial charge in [0.2, 0.25) is 11.2 Å². The summed E-state index contributed by atoms with van der Waals surface area (Å²) in [6.45, 7) is 0. The lowest BCUT2D eigenvalue weighted by atomic mass is 9.96. The molecular formula is C22H18NO3+. The van der Waals surface area contributed by atoms with Crippen molar-refractivity contribution < 1.29 is 18.8 Å². The van der Waals surface area contributed by atoms with E-state index >= 15 is 0 Å². The van der Waals surface area contributed by atoms with Crippen LogP contribution >= 0.6 is 0 Å². The Morgan fingerprint density at radius 1 is 0.885 bits per heavy atom. The summed E-state index contributed by atoms with van der Waals surface area (Å²) in [5.74, 6) is 3.19. The van der Waals surface area contributed by atoms with Crippen LogP contribution in [0.4, 0.5) is 0 Å². The first-order chi connectivity index (χ1) is 12.7. The van der Waals surface area contributed by atoms with Crippen LogP contribution in [0.2, 0.25) is 0 Å². The van der Waals surface area contributed by atoms with E-state index in [0.29, 0.717) is 0 Å². The second-order valence-electron chi connectivity index (χ2n) is 6.41. The summed E-state index contributed by atoms with van der Waals surface area (Å²) in [6.07, 6.45) is 0. The highest BCUT2D eigenvalue weighted by Crippen LogP contribution is 2.49. The zero-order valence-electron chi connectivity index (χ0n) is 14.9. The lowest BCUT2D eigenvalue weighted by Gasteiger charge is -2.21. The molecule has 0 saturated heterocycles. The summed E-state index contributed by atoms with van der Waals surface area (Å²) in [7, 11) is 5.45. The van der Waals surface area contributed by atoms with Gasteiger partial charge in [0.1, 0.15) is 18.5 Å². The maximum absolute atomic E-state index is 6.26. The van der Waals surface area contributed by atoms with Crippen LogP contribution in [0.15, 0.2) is 54.6 Å².